The summed E-state index contributed by atoms with van der Waals surface area (Å²) in [4.78, 5) is 4.39. The summed E-state index contributed by atoms with van der Waals surface area (Å²) in [6, 6.07) is 6.50. The summed E-state index contributed by atoms with van der Waals surface area (Å²) >= 11 is 0. The molecule has 2 aromatic rings. The van der Waals surface area contributed by atoms with E-state index in [1.807, 2.05) is 31.1 Å². The minimum absolute atomic E-state index is 0.887. The largest absolute Gasteiger partial charge is 0.334 e. The third-order valence-electron chi connectivity index (χ3n) is 2.74. The van der Waals surface area contributed by atoms with Crippen LogP contribution in [-0.4, -0.2) is 16.6 Å². The first-order valence-corrected chi connectivity index (χ1v) is 5.44. The lowest BCUT2D eigenvalue weighted by Gasteiger charge is -2.08. The highest BCUT2D eigenvalue weighted by Crippen LogP contribution is 2.22. The van der Waals surface area contributed by atoms with Gasteiger partial charge < -0.3 is 9.88 Å². The van der Waals surface area contributed by atoms with Gasteiger partial charge in [-0.25, -0.2) is 4.98 Å². The molecule has 84 valence electrons. The van der Waals surface area contributed by atoms with Crippen molar-refractivity contribution in [2.45, 2.75) is 13.5 Å². The first kappa shape index (κ1) is 10.9. The van der Waals surface area contributed by atoms with E-state index in [4.69, 9.17) is 0 Å². The lowest BCUT2D eigenvalue weighted by atomic mass is 10.0. The molecule has 0 aliphatic heterocycles. The summed E-state index contributed by atoms with van der Waals surface area (Å²) in [6.45, 7) is 3.00. The van der Waals surface area contributed by atoms with Crippen LogP contribution in [0.3, 0.4) is 0 Å². The van der Waals surface area contributed by atoms with Gasteiger partial charge in [0.25, 0.3) is 0 Å². The zero-order valence-corrected chi connectivity index (χ0v) is 9.99. The normalized spacial score (nSPS) is 10.7. The summed E-state index contributed by atoms with van der Waals surface area (Å²) < 4.78 is 2.05. The van der Waals surface area contributed by atoms with Crippen LogP contribution in [0.4, 0.5) is 0 Å². The van der Waals surface area contributed by atoms with Crippen molar-refractivity contribution in [2.75, 3.05) is 7.05 Å². The predicted molar refractivity (Wildman–Crippen MR) is 66.1 cm³/mol. The zero-order chi connectivity index (χ0) is 11.5. The van der Waals surface area contributed by atoms with Crippen LogP contribution in [0.25, 0.3) is 11.4 Å². The Kier molecular flexibility index (Phi) is 3.06. The van der Waals surface area contributed by atoms with E-state index in [9.17, 15) is 0 Å². The van der Waals surface area contributed by atoms with Crippen molar-refractivity contribution in [3.63, 3.8) is 0 Å². The van der Waals surface area contributed by atoms with E-state index >= 15 is 0 Å². The van der Waals surface area contributed by atoms with Crippen LogP contribution in [0, 0.1) is 6.92 Å². The minimum Gasteiger partial charge on any atom is -0.334 e. The molecule has 3 nitrogen and oxygen atoms in total. The van der Waals surface area contributed by atoms with Crippen LogP contribution in [0.2, 0.25) is 0 Å². The molecule has 0 atom stereocenters. The van der Waals surface area contributed by atoms with E-state index < -0.39 is 0 Å². The fourth-order valence-corrected chi connectivity index (χ4v) is 1.85. The molecule has 1 heterocycles. The van der Waals surface area contributed by atoms with Gasteiger partial charge in [-0.1, -0.05) is 12.1 Å². The van der Waals surface area contributed by atoms with Gasteiger partial charge in [0, 0.05) is 31.5 Å². The maximum absolute atomic E-state index is 4.39. The number of nitrogens with one attached hydrogen (secondary N) is 1. The van der Waals surface area contributed by atoms with Gasteiger partial charge in [-0.15, -0.1) is 0 Å². The maximum Gasteiger partial charge on any atom is 0.139 e. The van der Waals surface area contributed by atoms with E-state index in [-0.39, 0.29) is 0 Å². The molecule has 1 aromatic carbocycles. The van der Waals surface area contributed by atoms with Crippen LogP contribution in [0.5, 0.6) is 0 Å². The number of imidazole rings is 1. The molecule has 0 aliphatic rings. The predicted octanol–water partition coefficient (Wildman–Crippen LogP) is 2.11. The standard InChI is InChI=1S/C13H17N3/c1-10-4-5-11(9-14-2)8-12(10)13-15-6-7-16(13)3/h4-8,14H,9H2,1-3H3. The van der Waals surface area contributed by atoms with Crippen LogP contribution >= 0.6 is 0 Å². The molecule has 3 heteroatoms. The van der Waals surface area contributed by atoms with Crippen molar-refractivity contribution in [1.82, 2.24) is 14.9 Å². The van der Waals surface area contributed by atoms with Crippen molar-refractivity contribution in [2.24, 2.45) is 7.05 Å². The average Bonchev–Trinajstić information content (AvgIpc) is 2.68. The van der Waals surface area contributed by atoms with Crippen molar-refractivity contribution in [1.29, 1.82) is 0 Å². The highest BCUT2D eigenvalue weighted by molar-refractivity contribution is 5.61. The monoisotopic (exact) mass is 215 g/mol. The number of aromatic nitrogens is 2. The number of aryl methyl sites for hydroxylation is 2. The lowest BCUT2D eigenvalue weighted by Crippen LogP contribution is -2.05. The molecule has 1 N–H and O–H groups in total. The summed E-state index contributed by atoms with van der Waals surface area (Å²) in [7, 11) is 3.98. The van der Waals surface area contributed by atoms with Gasteiger partial charge in [0.05, 0.1) is 0 Å². The minimum atomic E-state index is 0.887. The van der Waals surface area contributed by atoms with Gasteiger partial charge in [0.1, 0.15) is 5.82 Å². The second kappa shape index (κ2) is 4.49. The SMILES string of the molecule is CNCc1ccc(C)c(-c2nccn2C)c1. The molecule has 0 aliphatic carbocycles. The molecule has 0 radical (unpaired) electrons. The topological polar surface area (TPSA) is 29.9 Å². The molecule has 16 heavy (non-hydrogen) atoms. The number of benzene rings is 1. The number of rotatable bonds is 3. The molecular weight excluding hydrogens is 198 g/mol. The third-order valence-corrected chi connectivity index (χ3v) is 2.74. The highest BCUT2D eigenvalue weighted by atomic mass is 15.0. The lowest BCUT2D eigenvalue weighted by molar-refractivity contribution is 0.817. The van der Waals surface area contributed by atoms with Gasteiger partial charge in [0.15, 0.2) is 0 Å². The molecular formula is C13H17N3. The summed E-state index contributed by atoms with van der Waals surface area (Å²) in [5.74, 6) is 1.02. The van der Waals surface area contributed by atoms with E-state index in [0.29, 0.717) is 0 Å². The first-order chi connectivity index (χ1) is 7.72. The molecule has 1 aromatic heterocycles. The zero-order valence-electron chi connectivity index (χ0n) is 9.99. The fraction of sp³-hybridized carbons (Fsp3) is 0.308. The average molecular weight is 215 g/mol. The molecule has 0 amide bonds. The van der Waals surface area contributed by atoms with E-state index in [0.717, 1.165) is 12.4 Å². The number of hydrogen-bond donors (Lipinski definition) is 1. The smallest absolute Gasteiger partial charge is 0.139 e. The van der Waals surface area contributed by atoms with Crippen molar-refractivity contribution in [3.8, 4) is 11.4 Å². The Morgan fingerprint density at radius 3 is 2.81 bits per heavy atom. The van der Waals surface area contributed by atoms with Crippen molar-refractivity contribution in [3.05, 3.63) is 41.7 Å². The Balaban J connectivity index is 2.47. The molecule has 0 saturated heterocycles. The maximum atomic E-state index is 4.39. The Morgan fingerprint density at radius 2 is 2.19 bits per heavy atom. The second-order valence-corrected chi connectivity index (χ2v) is 4.04. The van der Waals surface area contributed by atoms with E-state index in [1.165, 1.54) is 16.7 Å². The van der Waals surface area contributed by atoms with E-state index in [1.54, 1.807) is 0 Å². The van der Waals surface area contributed by atoms with Crippen LogP contribution in [0.15, 0.2) is 30.6 Å². The fourth-order valence-electron chi connectivity index (χ4n) is 1.85. The summed E-state index contributed by atoms with van der Waals surface area (Å²) in [5, 5.41) is 3.16. The summed E-state index contributed by atoms with van der Waals surface area (Å²) in [6.07, 6.45) is 3.80. The van der Waals surface area contributed by atoms with E-state index in [2.05, 4.69) is 35.4 Å². The van der Waals surface area contributed by atoms with Gasteiger partial charge in [-0.3, -0.25) is 0 Å². The van der Waals surface area contributed by atoms with Crippen LogP contribution < -0.4 is 5.32 Å². The van der Waals surface area contributed by atoms with Gasteiger partial charge in [0.2, 0.25) is 0 Å². The van der Waals surface area contributed by atoms with Crippen LogP contribution in [0.1, 0.15) is 11.1 Å². The number of hydrogen-bond acceptors (Lipinski definition) is 2. The molecule has 0 bridgehead atoms. The Bertz CT molecular complexity index is 486. The highest BCUT2D eigenvalue weighted by Gasteiger charge is 2.07. The molecule has 0 unspecified atom stereocenters. The van der Waals surface area contributed by atoms with Crippen molar-refractivity contribution < 1.29 is 0 Å². The van der Waals surface area contributed by atoms with Gasteiger partial charge >= 0.3 is 0 Å². The van der Waals surface area contributed by atoms with Crippen molar-refractivity contribution >= 4 is 0 Å². The molecule has 2 rings (SSSR count). The number of nitrogens with zero attached hydrogens (tertiary/aromatic N) is 2. The van der Waals surface area contributed by atoms with Gasteiger partial charge in [-0.05, 0) is 31.2 Å². The third kappa shape index (κ3) is 1.99. The second-order valence-electron chi connectivity index (χ2n) is 4.04. The molecule has 0 fully saturated rings. The Labute approximate surface area is 96.1 Å². The van der Waals surface area contributed by atoms with Crippen LogP contribution in [-0.2, 0) is 13.6 Å². The summed E-state index contributed by atoms with van der Waals surface area (Å²) in [5.41, 5.74) is 3.75. The Morgan fingerprint density at radius 1 is 1.38 bits per heavy atom. The Hall–Kier alpha value is -1.61. The quantitative estimate of drug-likeness (QED) is 0.850. The first-order valence-electron chi connectivity index (χ1n) is 5.44. The van der Waals surface area contributed by atoms with Gasteiger partial charge in [-0.2, -0.15) is 0 Å². The molecule has 0 saturated carbocycles. The molecule has 0 spiro atoms.